The maximum Gasteiger partial charge on any atom is 0.412 e. The molecule has 0 fully saturated rings. The Balaban J connectivity index is 2.23. The minimum atomic E-state index is -0.575. The molecule has 0 spiro atoms. The lowest BCUT2D eigenvalue weighted by atomic mass is 10.1. The lowest BCUT2D eigenvalue weighted by molar-refractivity contribution is 0.0636. The molecule has 2 rings (SSSR count). The highest BCUT2D eigenvalue weighted by Crippen LogP contribution is 2.25. The average Bonchev–Trinajstić information content (AvgIpc) is 2.96. The van der Waals surface area contributed by atoms with Gasteiger partial charge in [0.25, 0.3) is 0 Å². The Labute approximate surface area is 152 Å². The molecule has 0 bridgehead atoms. The first-order valence-corrected chi connectivity index (χ1v) is 7.97. The lowest BCUT2D eigenvalue weighted by Gasteiger charge is -2.19. The molecule has 0 saturated carbocycles. The number of aromatic nitrogens is 2. The molecule has 0 radical (unpaired) electrons. The van der Waals surface area contributed by atoms with E-state index in [4.69, 9.17) is 10.1 Å². The van der Waals surface area contributed by atoms with Crippen LogP contribution in [0.25, 0.3) is 11.3 Å². The van der Waals surface area contributed by atoms with Gasteiger partial charge in [0.1, 0.15) is 34.5 Å². The summed E-state index contributed by atoms with van der Waals surface area (Å²) in [4.78, 5) is 13.4. The minimum Gasteiger partial charge on any atom is -0.444 e. The van der Waals surface area contributed by atoms with Crippen LogP contribution in [0.4, 0.5) is 10.5 Å². The van der Waals surface area contributed by atoms with Crippen molar-refractivity contribution in [3.05, 3.63) is 35.5 Å². The van der Waals surface area contributed by atoms with Gasteiger partial charge in [0.2, 0.25) is 0 Å². The molecular formula is C18H22N6O2. The van der Waals surface area contributed by atoms with Crippen molar-refractivity contribution in [2.75, 3.05) is 19.4 Å². The van der Waals surface area contributed by atoms with Gasteiger partial charge in [-0.15, -0.1) is 0 Å². The first-order valence-electron chi connectivity index (χ1n) is 7.97. The Morgan fingerprint density at radius 2 is 1.92 bits per heavy atom. The Bertz CT molecular complexity index is 853. The molecule has 1 amide bonds. The summed E-state index contributed by atoms with van der Waals surface area (Å²) in [7, 11) is 3.45. The third kappa shape index (κ3) is 4.39. The molecule has 0 unspecified atom stereocenters. The van der Waals surface area contributed by atoms with E-state index in [1.54, 1.807) is 64.0 Å². The van der Waals surface area contributed by atoms with Crippen LogP contribution in [-0.2, 0) is 4.74 Å². The van der Waals surface area contributed by atoms with Gasteiger partial charge in [-0.05, 0) is 32.9 Å². The fourth-order valence-electron chi connectivity index (χ4n) is 2.19. The van der Waals surface area contributed by atoms with Crippen molar-refractivity contribution < 1.29 is 9.53 Å². The minimum absolute atomic E-state index is 0.170. The number of nitriles is 1. The summed E-state index contributed by atoms with van der Waals surface area (Å²) in [6.07, 6.45) is -0.538. The number of amidine groups is 1. The molecule has 2 aromatic rings. The smallest absolute Gasteiger partial charge is 0.412 e. The Hall–Kier alpha value is -3.34. The summed E-state index contributed by atoms with van der Waals surface area (Å²) in [6, 6.07) is 8.99. The Kier molecular flexibility index (Phi) is 5.31. The van der Waals surface area contributed by atoms with Gasteiger partial charge in [0.05, 0.1) is 0 Å². The van der Waals surface area contributed by atoms with E-state index < -0.39 is 11.7 Å². The van der Waals surface area contributed by atoms with Crippen molar-refractivity contribution in [3.63, 3.8) is 0 Å². The molecule has 1 aromatic carbocycles. The van der Waals surface area contributed by atoms with Crippen LogP contribution in [0, 0.1) is 16.7 Å². The van der Waals surface area contributed by atoms with Crippen LogP contribution in [0.1, 0.15) is 32.0 Å². The predicted octanol–water partition coefficient (Wildman–Crippen LogP) is 3.18. The maximum atomic E-state index is 11.8. The number of carbonyl (C=O) groups excluding carboxylic acids is 1. The van der Waals surface area contributed by atoms with Crippen LogP contribution in [-0.4, -0.2) is 46.7 Å². The SMILES string of the molecule is CN(C)C(=N)c1[nH]nc(-c2ccc(NC(=O)OC(C)(C)C)cc2)c1C#N. The second kappa shape index (κ2) is 7.27. The molecule has 8 nitrogen and oxygen atoms in total. The van der Waals surface area contributed by atoms with Gasteiger partial charge in [0, 0.05) is 25.3 Å². The quantitative estimate of drug-likeness (QED) is 0.578. The molecule has 0 saturated heterocycles. The fraction of sp³-hybridized carbons (Fsp3) is 0.333. The summed E-state index contributed by atoms with van der Waals surface area (Å²) < 4.78 is 5.21. The van der Waals surface area contributed by atoms with E-state index in [1.165, 1.54) is 0 Å². The van der Waals surface area contributed by atoms with E-state index in [9.17, 15) is 10.1 Å². The second-order valence-electron chi connectivity index (χ2n) is 6.88. The predicted molar refractivity (Wildman–Crippen MR) is 99.1 cm³/mol. The molecule has 0 aliphatic heterocycles. The highest BCUT2D eigenvalue weighted by atomic mass is 16.6. The number of anilines is 1. The van der Waals surface area contributed by atoms with E-state index in [2.05, 4.69) is 21.6 Å². The number of carbonyl (C=O) groups is 1. The molecule has 1 heterocycles. The number of nitrogens with zero attached hydrogens (tertiary/aromatic N) is 3. The number of hydrogen-bond donors (Lipinski definition) is 3. The summed E-state index contributed by atoms with van der Waals surface area (Å²) in [5.41, 5.74) is 1.82. The van der Waals surface area contributed by atoms with Crippen molar-refractivity contribution in [3.8, 4) is 17.3 Å². The van der Waals surface area contributed by atoms with Gasteiger partial charge in [-0.1, -0.05) is 12.1 Å². The lowest BCUT2D eigenvalue weighted by Crippen LogP contribution is -2.27. The highest BCUT2D eigenvalue weighted by Gasteiger charge is 2.19. The standard InChI is InChI=1S/C18H22N6O2/c1-18(2,3)26-17(25)21-12-8-6-11(7-9-12)14-13(10-19)15(23-22-14)16(20)24(4)5/h6-9,20H,1-5H3,(H,21,25)(H,22,23). The van der Waals surface area contributed by atoms with E-state index in [1.807, 2.05) is 0 Å². The van der Waals surface area contributed by atoms with E-state index >= 15 is 0 Å². The van der Waals surface area contributed by atoms with Crippen molar-refractivity contribution >= 4 is 17.6 Å². The van der Waals surface area contributed by atoms with Gasteiger partial charge in [-0.2, -0.15) is 10.4 Å². The second-order valence-corrected chi connectivity index (χ2v) is 6.88. The number of benzene rings is 1. The summed E-state index contributed by atoms with van der Waals surface area (Å²) >= 11 is 0. The van der Waals surface area contributed by atoms with E-state index in [0.29, 0.717) is 28.2 Å². The van der Waals surface area contributed by atoms with Crippen LogP contribution in [0.2, 0.25) is 0 Å². The first-order chi connectivity index (χ1) is 12.1. The van der Waals surface area contributed by atoms with E-state index in [-0.39, 0.29) is 5.84 Å². The zero-order chi connectivity index (χ0) is 19.5. The first kappa shape index (κ1) is 19.0. The van der Waals surface area contributed by atoms with Gasteiger partial charge in [-0.25, -0.2) is 4.79 Å². The van der Waals surface area contributed by atoms with Crippen molar-refractivity contribution in [2.45, 2.75) is 26.4 Å². The topological polar surface area (TPSA) is 118 Å². The number of nitrogens with one attached hydrogen (secondary N) is 3. The molecule has 0 aliphatic carbocycles. The van der Waals surface area contributed by atoms with Crippen LogP contribution in [0.5, 0.6) is 0 Å². The molecule has 26 heavy (non-hydrogen) atoms. The molecular weight excluding hydrogens is 332 g/mol. The third-order valence-electron chi connectivity index (χ3n) is 3.37. The number of ether oxygens (including phenoxy) is 1. The Morgan fingerprint density at radius 3 is 2.42 bits per heavy atom. The monoisotopic (exact) mass is 354 g/mol. The van der Waals surface area contributed by atoms with Crippen LogP contribution in [0.15, 0.2) is 24.3 Å². The average molecular weight is 354 g/mol. The number of aromatic amines is 1. The zero-order valence-corrected chi connectivity index (χ0v) is 15.5. The zero-order valence-electron chi connectivity index (χ0n) is 15.5. The summed E-state index contributed by atoms with van der Waals surface area (Å²) in [5, 5.41) is 27.1. The van der Waals surface area contributed by atoms with Gasteiger partial charge in [0.15, 0.2) is 0 Å². The third-order valence-corrected chi connectivity index (χ3v) is 3.37. The molecule has 0 aliphatic rings. The Morgan fingerprint density at radius 1 is 1.31 bits per heavy atom. The summed E-state index contributed by atoms with van der Waals surface area (Å²) in [6.45, 7) is 5.37. The largest absolute Gasteiger partial charge is 0.444 e. The van der Waals surface area contributed by atoms with Crippen molar-refractivity contribution in [1.29, 1.82) is 10.7 Å². The van der Waals surface area contributed by atoms with Gasteiger partial charge in [-0.3, -0.25) is 15.8 Å². The number of rotatable bonds is 3. The fourth-order valence-corrected chi connectivity index (χ4v) is 2.19. The normalized spacial score (nSPS) is 10.8. The molecule has 136 valence electrons. The van der Waals surface area contributed by atoms with Gasteiger partial charge >= 0.3 is 6.09 Å². The van der Waals surface area contributed by atoms with E-state index in [0.717, 1.165) is 0 Å². The van der Waals surface area contributed by atoms with Crippen LogP contribution >= 0.6 is 0 Å². The highest BCUT2D eigenvalue weighted by molar-refractivity contribution is 5.98. The molecule has 8 heteroatoms. The summed E-state index contributed by atoms with van der Waals surface area (Å²) in [5.74, 6) is 0.170. The molecule has 3 N–H and O–H groups in total. The van der Waals surface area contributed by atoms with Crippen molar-refractivity contribution in [2.24, 2.45) is 0 Å². The molecule has 1 aromatic heterocycles. The number of hydrogen-bond acceptors (Lipinski definition) is 5. The van der Waals surface area contributed by atoms with Gasteiger partial charge < -0.3 is 9.64 Å². The number of H-pyrrole nitrogens is 1. The molecule has 0 atom stereocenters. The van der Waals surface area contributed by atoms with Crippen molar-refractivity contribution in [1.82, 2.24) is 15.1 Å². The number of amides is 1. The van der Waals surface area contributed by atoms with Crippen LogP contribution < -0.4 is 5.32 Å². The maximum absolute atomic E-state index is 11.8. The van der Waals surface area contributed by atoms with Crippen LogP contribution in [0.3, 0.4) is 0 Å².